The molecule has 1 fully saturated rings. The fourth-order valence-corrected chi connectivity index (χ4v) is 2.54. The number of carbonyl (C=O) groups excluding carboxylic acids is 1. The van der Waals surface area contributed by atoms with Crippen LogP contribution in [0.1, 0.15) is 18.4 Å². The van der Waals surface area contributed by atoms with Crippen molar-refractivity contribution in [1.82, 2.24) is 10.2 Å². The Morgan fingerprint density at radius 3 is 2.73 bits per heavy atom. The Morgan fingerprint density at radius 1 is 1.36 bits per heavy atom. The van der Waals surface area contributed by atoms with Crippen LogP contribution in [-0.4, -0.2) is 54.7 Å². The van der Waals surface area contributed by atoms with Crippen molar-refractivity contribution in [3.8, 4) is 5.75 Å². The zero-order valence-corrected chi connectivity index (χ0v) is 12.7. The van der Waals surface area contributed by atoms with Gasteiger partial charge in [0.2, 0.25) is 5.91 Å². The highest BCUT2D eigenvalue weighted by molar-refractivity contribution is 5.79. The number of amides is 1. The van der Waals surface area contributed by atoms with Crippen molar-refractivity contribution in [2.75, 3.05) is 26.7 Å². The Bertz CT molecular complexity index is 515. The molecule has 0 bridgehead atoms. The second kappa shape index (κ2) is 7.79. The number of nitrogens with zero attached hydrogens (tertiary/aromatic N) is 1. The van der Waals surface area contributed by atoms with Crippen molar-refractivity contribution in [1.29, 1.82) is 0 Å². The molecule has 1 aromatic rings. The second-order valence-electron chi connectivity index (χ2n) is 5.39. The minimum atomic E-state index is -0.907. The van der Waals surface area contributed by atoms with Gasteiger partial charge < -0.3 is 20.1 Å². The van der Waals surface area contributed by atoms with Gasteiger partial charge in [-0.3, -0.25) is 9.59 Å². The van der Waals surface area contributed by atoms with E-state index in [1.165, 1.54) is 0 Å². The quantitative estimate of drug-likeness (QED) is 0.816. The van der Waals surface area contributed by atoms with Gasteiger partial charge >= 0.3 is 5.97 Å². The zero-order valence-electron chi connectivity index (χ0n) is 12.7. The number of carbonyl (C=O) groups is 2. The first-order valence-electron chi connectivity index (χ1n) is 7.47. The molecule has 0 aromatic heterocycles. The molecule has 1 aliphatic rings. The van der Waals surface area contributed by atoms with Gasteiger partial charge in [0.05, 0.1) is 7.11 Å². The fourth-order valence-electron chi connectivity index (χ4n) is 2.54. The van der Waals surface area contributed by atoms with Gasteiger partial charge in [0, 0.05) is 26.1 Å². The maximum absolute atomic E-state index is 12.1. The maximum Gasteiger partial charge on any atom is 0.322 e. The molecular weight excluding hydrogens is 284 g/mol. The first-order valence-corrected chi connectivity index (χ1v) is 7.47. The van der Waals surface area contributed by atoms with Crippen molar-refractivity contribution in [3.05, 3.63) is 29.8 Å². The molecule has 22 heavy (non-hydrogen) atoms. The molecule has 1 saturated heterocycles. The van der Waals surface area contributed by atoms with Crippen LogP contribution >= 0.6 is 0 Å². The number of carboxylic acids is 1. The summed E-state index contributed by atoms with van der Waals surface area (Å²) in [5.74, 6) is -0.0580. The van der Waals surface area contributed by atoms with E-state index in [0.717, 1.165) is 24.2 Å². The van der Waals surface area contributed by atoms with Crippen LogP contribution in [0.5, 0.6) is 5.75 Å². The molecule has 0 aliphatic carbocycles. The summed E-state index contributed by atoms with van der Waals surface area (Å²) < 4.78 is 5.11. The van der Waals surface area contributed by atoms with Gasteiger partial charge in [-0.25, -0.2) is 0 Å². The number of methoxy groups -OCH3 is 1. The van der Waals surface area contributed by atoms with Crippen LogP contribution in [0.4, 0.5) is 0 Å². The lowest BCUT2D eigenvalue weighted by Crippen LogP contribution is -2.55. The number of nitrogens with one attached hydrogen (secondary N) is 1. The van der Waals surface area contributed by atoms with Gasteiger partial charge in [-0.2, -0.15) is 0 Å². The Hall–Kier alpha value is -2.08. The average Bonchev–Trinajstić information content (AvgIpc) is 2.55. The molecule has 1 amide bonds. The minimum Gasteiger partial charge on any atom is -0.497 e. The summed E-state index contributed by atoms with van der Waals surface area (Å²) in [6.07, 6.45) is 2.02. The molecule has 1 aromatic carbocycles. The molecule has 1 unspecified atom stereocenters. The number of aryl methyl sites for hydroxylation is 1. The first-order chi connectivity index (χ1) is 10.6. The smallest absolute Gasteiger partial charge is 0.322 e. The van der Waals surface area contributed by atoms with E-state index < -0.39 is 12.0 Å². The fraction of sp³-hybridized carbons (Fsp3) is 0.500. The lowest BCUT2D eigenvalue weighted by Gasteiger charge is -2.31. The summed E-state index contributed by atoms with van der Waals surface area (Å²) in [5, 5.41) is 11.9. The molecule has 0 spiro atoms. The highest BCUT2D eigenvalue weighted by Crippen LogP contribution is 2.14. The predicted molar refractivity (Wildman–Crippen MR) is 81.9 cm³/mol. The standard InChI is InChI=1S/C16H22N2O4/c1-22-13-7-5-12(6-8-13)3-2-4-15(19)18-10-9-17-14(11-18)16(20)21/h5-8,14,17H,2-4,9-11H2,1H3,(H,20,21). The van der Waals surface area contributed by atoms with Crippen molar-refractivity contribution in [2.24, 2.45) is 0 Å². The van der Waals surface area contributed by atoms with Crippen LogP contribution in [0.15, 0.2) is 24.3 Å². The van der Waals surface area contributed by atoms with Crippen LogP contribution < -0.4 is 10.1 Å². The van der Waals surface area contributed by atoms with Crippen molar-refractivity contribution in [3.63, 3.8) is 0 Å². The highest BCUT2D eigenvalue weighted by Gasteiger charge is 2.27. The van der Waals surface area contributed by atoms with E-state index in [-0.39, 0.29) is 12.5 Å². The Kier molecular flexibility index (Phi) is 5.77. The molecule has 2 N–H and O–H groups in total. The Labute approximate surface area is 130 Å². The summed E-state index contributed by atoms with van der Waals surface area (Å²) in [6, 6.07) is 7.15. The molecule has 6 nitrogen and oxygen atoms in total. The Morgan fingerprint density at radius 2 is 2.09 bits per heavy atom. The zero-order chi connectivity index (χ0) is 15.9. The number of ether oxygens (including phenoxy) is 1. The van der Waals surface area contributed by atoms with Crippen LogP contribution in [-0.2, 0) is 16.0 Å². The van der Waals surface area contributed by atoms with Gasteiger partial charge in [0.25, 0.3) is 0 Å². The molecule has 120 valence electrons. The van der Waals surface area contributed by atoms with Crippen LogP contribution in [0.2, 0.25) is 0 Å². The molecule has 1 heterocycles. The number of rotatable bonds is 6. The SMILES string of the molecule is COc1ccc(CCCC(=O)N2CCNC(C(=O)O)C2)cc1. The van der Waals surface area contributed by atoms with Crippen molar-refractivity contribution < 1.29 is 19.4 Å². The lowest BCUT2D eigenvalue weighted by molar-refractivity contribution is -0.142. The van der Waals surface area contributed by atoms with Crippen molar-refractivity contribution >= 4 is 11.9 Å². The van der Waals surface area contributed by atoms with E-state index in [9.17, 15) is 9.59 Å². The van der Waals surface area contributed by atoms with Crippen molar-refractivity contribution in [2.45, 2.75) is 25.3 Å². The third-order valence-corrected chi connectivity index (χ3v) is 3.84. The summed E-state index contributed by atoms with van der Waals surface area (Å²) in [7, 11) is 1.63. The van der Waals surface area contributed by atoms with E-state index in [2.05, 4.69) is 5.32 Å². The largest absolute Gasteiger partial charge is 0.497 e. The number of carboxylic acid groups (broad SMARTS) is 1. The number of benzene rings is 1. The second-order valence-corrected chi connectivity index (χ2v) is 5.39. The summed E-state index contributed by atoms with van der Waals surface area (Å²) >= 11 is 0. The highest BCUT2D eigenvalue weighted by atomic mass is 16.5. The number of aliphatic carboxylic acids is 1. The van der Waals surface area contributed by atoms with E-state index in [0.29, 0.717) is 19.5 Å². The van der Waals surface area contributed by atoms with E-state index in [1.54, 1.807) is 12.0 Å². The molecule has 6 heteroatoms. The molecule has 0 radical (unpaired) electrons. The third-order valence-electron chi connectivity index (χ3n) is 3.84. The number of hydrogen-bond acceptors (Lipinski definition) is 4. The lowest BCUT2D eigenvalue weighted by atomic mass is 10.1. The van der Waals surface area contributed by atoms with E-state index in [4.69, 9.17) is 9.84 Å². The topological polar surface area (TPSA) is 78.9 Å². The summed E-state index contributed by atoms with van der Waals surface area (Å²) in [4.78, 5) is 24.7. The molecule has 2 rings (SSSR count). The maximum atomic E-state index is 12.1. The molecule has 1 aliphatic heterocycles. The minimum absolute atomic E-state index is 0.0289. The number of hydrogen-bond donors (Lipinski definition) is 2. The van der Waals surface area contributed by atoms with Gasteiger partial charge in [-0.1, -0.05) is 12.1 Å². The van der Waals surface area contributed by atoms with E-state index >= 15 is 0 Å². The first kappa shape index (κ1) is 16.3. The third kappa shape index (κ3) is 4.46. The molecule has 0 saturated carbocycles. The summed E-state index contributed by atoms with van der Waals surface area (Å²) in [5.41, 5.74) is 1.16. The monoisotopic (exact) mass is 306 g/mol. The normalized spacial score (nSPS) is 18.0. The average molecular weight is 306 g/mol. The van der Waals surface area contributed by atoms with E-state index in [1.807, 2.05) is 24.3 Å². The van der Waals surface area contributed by atoms with Crippen LogP contribution in [0.25, 0.3) is 0 Å². The van der Waals surface area contributed by atoms with Gasteiger partial charge in [-0.15, -0.1) is 0 Å². The van der Waals surface area contributed by atoms with Gasteiger partial charge in [0.15, 0.2) is 0 Å². The number of piperazine rings is 1. The van der Waals surface area contributed by atoms with Gasteiger partial charge in [-0.05, 0) is 30.5 Å². The molecular formula is C16H22N2O4. The molecule has 1 atom stereocenters. The van der Waals surface area contributed by atoms with Crippen LogP contribution in [0, 0.1) is 0 Å². The van der Waals surface area contributed by atoms with Crippen LogP contribution in [0.3, 0.4) is 0 Å². The van der Waals surface area contributed by atoms with Gasteiger partial charge in [0.1, 0.15) is 11.8 Å². The summed E-state index contributed by atoms with van der Waals surface area (Å²) in [6.45, 7) is 1.35. The Balaban J connectivity index is 1.76. The predicted octanol–water partition coefficient (Wildman–Crippen LogP) is 0.903.